The SMILES string of the molecule is CCCOc1cc(C)ccc1NC(=O)c1cc(S(=O)(=O)N(C)c2ccccc2OC)ccc1C. The van der Waals surface area contributed by atoms with Gasteiger partial charge in [-0.15, -0.1) is 0 Å². The zero-order valence-corrected chi connectivity index (χ0v) is 20.9. The second-order valence-corrected chi connectivity index (χ2v) is 9.89. The maximum Gasteiger partial charge on any atom is 0.264 e. The van der Waals surface area contributed by atoms with Crippen LogP contribution in [0.1, 0.15) is 34.8 Å². The Labute approximate surface area is 201 Å². The Morgan fingerprint density at radius 1 is 1.00 bits per heavy atom. The molecule has 8 heteroatoms. The predicted octanol–water partition coefficient (Wildman–Crippen LogP) is 5.18. The largest absolute Gasteiger partial charge is 0.495 e. The number of anilines is 2. The molecule has 0 saturated carbocycles. The lowest BCUT2D eigenvalue weighted by molar-refractivity contribution is 0.102. The first kappa shape index (κ1) is 25.1. The molecule has 0 aliphatic rings. The number of rotatable bonds is 9. The molecule has 0 radical (unpaired) electrons. The first-order valence-corrected chi connectivity index (χ1v) is 12.4. The Bertz CT molecular complexity index is 1290. The van der Waals surface area contributed by atoms with Gasteiger partial charge in [-0.3, -0.25) is 9.10 Å². The summed E-state index contributed by atoms with van der Waals surface area (Å²) in [4.78, 5) is 13.2. The number of ether oxygens (including phenoxy) is 2. The monoisotopic (exact) mass is 482 g/mol. The standard InChI is InChI=1S/C26H30N2O5S/c1-6-15-33-25-16-18(2)11-14-22(25)27-26(29)21-17-20(13-12-19(21)3)34(30,31)28(4)23-9-7-8-10-24(23)32-5/h7-14,16-17H,6,15H2,1-5H3,(H,27,29). The van der Waals surface area contributed by atoms with Gasteiger partial charge in [0.25, 0.3) is 15.9 Å². The zero-order chi connectivity index (χ0) is 24.9. The van der Waals surface area contributed by atoms with Gasteiger partial charge in [0.15, 0.2) is 0 Å². The summed E-state index contributed by atoms with van der Waals surface area (Å²) < 4.78 is 39.0. The fraction of sp³-hybridized carbons (Fsp3) is 0.269. The van der Waals surface area contributed by atoms with Crippen LogP contribution >= 0.6 is 0 Å². The van der Waals surface area contributed by atoms with Gasteiger partial charge in [-0.05, 0) is 67.8 Å². The molecular formula is C26H30N2O5S. The minimum Gasteiger partial charge on any atom is -0.495 e. The van der Waals surface area contributed by atoms with Gasteiger partial charge in [0.2, 0.25) is 0 Å². The second kappa shape index (κ2) is 10.6. The van der Waals surface area contributed by atoms with Crippen molar-refractivity contribution in [2.75, 3.05) is 30.4 Å². The van der Waals surface area contributed by atoms with E-state index >= 15 is 0 Å². The van der Waals surface area contributed by atoms with Crippen LogP contribution in [0, 0.1) is 13.8 Å². The third-order valence-corrected chi connectivity index (χ3v) is 7.15. The number of methoxy groups -OCH3 is 1. The third-order valence-electron chi connectivity index (χ3n) is 5.38. The molecular weight excluding hydrogens is 452 g/mol. The van der Waals surface area contributed by atoms with Gasteiger partial charge in [-0.1, -0.05) is 31.2 Å². The van der Waals surface area contributed by atoms with Crippen LogP contribution in [0.25, 0.3) is 0 Å². The molecule has 7 nitrogen and oxygen atoms in total. The van der Waals surface area contributed by atoms with Crippen LogP contribution < -0.4 is 19.1 Å². The molecule has 180 valence electrons. The lowest BCUT2D eigenvalue weighted by Crippen LogP contribution is -2.27. The summed E-state index contributed by atoms with van der Waals surface area (Å²) in [6.07, 6.45) is 0.833. The maximum absolute atomic E-state index is 13.4. The number of amides is 1. The van der Waals surface area contributed by atoms with E-state index in [-0.39, 0.29) is 10.5 Å². The Balaban J connectivity index is 1.94. The first-order valence-electron chi connectivity index (χ1n) is 11.0. The van der Waals surface area contributed by atoms with E-state index in [0.29, 0.717) is 35.0 Å². The average molecular weight is 483 g/mol. The summed E-state index contributed by atoms with van der Waals surface area (Å²) in [7, 11) is -1.01. The van der Waals surface area contributed by atoms with Crippen molar-refractivity contribution in [3.63, 3.8) is 0 Å². The van der Waals surface area contributed by atoms with Crippen molar-refractivity contribution in [1.29, 1.82) is 0 Å². The Kier molecular flexibility index (Phi) is 7.83. The normalized spacial score (nSPS) is 11.1. The topological polar surface area (TPSA) is 84.9 Å². The van der Waals surface area contributed by atoms with Crippen molar-refractivity contribution in [3.05, 3.63) is 77.4 Å². The van der Waals surface area contributed by atoms with E-state index in [2.05, 4.69) is 5.32 Å². The van der Waals surface area contributed by atoms with Crippen LogP contribution in [0.4, 0.5) is 11.4 Å². The molecule has 1 amide bonds. The number of sulfonamides is 1. The molecule has 0 atom stereocenters. The van der Waals surface area contributed by atoms with Gasteiger partial charge < -0.3 is 14.8 Å². The van der Waals surface area contributed by atoms with Crippen molar-refractivity contribution in [2.24, 2.45) is 0 Å². The number of benzene rings is 3. The van der Waals surface area contributed by atoms with Gasteiger partial charge in [-0.2, -0.15) is 0 Å². The lowest BCUT2D eigenvalue weighted by atomic mass is 10.1. The molecule has 3 rings (SSSR count). The molecule has 0 aliphatic carbocycles. The summed E-state index contributed by atoms with van der Waals surface area (Å²) in [5.41, 5.74) is 2.85. The number of para-hydroxylation sites is 2. The van der Waals surface area contributed by atoms with Crippen LogP contribution in [0.3, 0.4) is 0 Å². The van der Waals surface area contributed by atoms with E-state index in [1.165, 1.54) is 26.3 Å². The van der Waals surface area contributed by atoms with Gasteiger partial charge in [0, 0.05) is 12.6 Å². The van der Waals surface area contributed by atoms with Crippen molar-refractivity contribution < 1.29 is 22.7 Å². The second-order valence-electron chi connectivity index (χ2n) is 7.92. The van der Waals surface area contributed by atoms with E-state index in [0.717, 1.165) is 16.3 Å². The highest BCUT2D eigenvalue weighted by atomic mass is 32.2. The van der Waals surface area contributed by atoms with Crippen molar-refractivity contribution >= 4 is 27.3 Å². The maximum atomic E-state index is 13.4. The smallest absolute Gasteiger partial charge is 0.264 e. The van der Waals surface area contributed by atoms with E-state index < -0.39 is 15.9 Å². The molecule has 0 heterocycles. The summed E-state index contributed by atoms with van der Waals surface area (Å²) in [5, 5.41) is 2.87. The number of nitrogens with zero attached hydrogens (tertiary/aromatic N) is 1. The number of carbonyl (C=O) groups is 1. The zero-order valence-electron chi connectivity index (χ0n) is 20.1. The Hall–Kier alpha value is -3.52. The fourth-order valence-electron chi connectivity index (χ4n) is 3.44. The Morgan fingerprint density at radius 3 is 2.44 bits per heavy atom. The number of hydrogen-bond acceptors (Lipinski definition) is 5. The third kappa shape index (κ3) is 5.34. The molecule has 0 aromatic heterocycles. The molecule has 0 saturated heterocycles. The van der Waals surface area contributed by atoms with Crippen molar-refractivity contribution in [3.8, 4) is 11.5 Å². The summed E-state index contributed by atoms with van der Waals surface area (Å²) >= 11 is 0. The minimum absolute atomic E-state index is 0.00280. The number of carbonyl (C=O) groups excluding carboxylic acids is 1. The molecule has 0 unspecified atom stereocenters. The van der Waals surface area contributed by atoms with Crippen molar-refractivity contribution in [1.82, 2.24) is 0 Å². The Morgan fingerprint density at radius 2 is 1.74 bits per heavy atom. The summed E-state index contributed by atoms with van der Waals surface area (Å²) in [6, 6.07) is 16.9. The predicted molar refractivity (Wildman–Crippen MR) is 135 cm³/mol. The molecule has 0 aliphatic heterocycles. The first-order chi connectivity index (χ1) is 16.2. The lowest BCUT2D eigenvalue weighted by Gasteiger charge is -2.22. The molecule has 0 spiro atoms. The molecule has 3 aromatic rings. The molecule has 0 fully saturated rings. The van der Waals surface area contributed by atoms with Crippen molar-refractivity contribution in [2.45, 2.75) is 32.1 Å². The van der Waals surface area contributed by atoms with Gasteiger partial charge in [0.05, 0.1) is 30.0 Å². The van der Waals surface area contributed by atoms with Crippen LogP contribution in [0.2, 0.25) is 0 Å². The van der Waals surface area contributed by atoms with E-state index in [4.69, 9.17) is 9.47 Å². The molecule has 34 heavy (non-hydrogen) atoms. The van der Waals surface area contributed by atoms with Crippen LogP contribution in [0.15, 0.2) is 65.6 Å². The van der Waals surface area contributed by atoms with E-state index in [1.807, 2.05) is 26.0 Å². The van der Waals surface area contributed by atoms with E-state index in [9.17, 15) is 13.2 Å². The number of aryl methyl sites for hydroxylation is 2. The van der Waals surface area contributed by atoms with Crippen LogP contribution in [-0.4, -0.2) is 35.1 Å². The number of hydrogen-bond donors (Lipinski definition) is 1. The highest BCUT2D eigenvalue weighted by molar-refractivity contribution is 7.92. The van der Waals surface area contributed by atoms with Crippen LogP contribution in [0.5, 0.6) is 11.5 Å². The summed E-state index contributed by atoms with van der Waals surface area (Å²) in [6.45, 7) is 6.24. The minimum atomic E-state index is -3.95. The number of nitrogens with one attached hydrogen (secondary N) is 1. The highest BCUT2D eigenvalue weighted by Gasteiger charge is 2.25. The highest BCUT2D eigenvalue weighted by Crippen LogP contribution is 2.32. The average Bonchev–Trinajstić information content (AvgIpc) is 2.83. The van der Waals surface area contributed by atoms with Gasteiger partial charge >= 0.3 is 0 Å². The fourth-order valence-corrected chi connectivity index (χ4v) is 4.67. The van der Waals surface area contributed by atoms with Gasteiger partial charge in [-0.25, -0.2) is 8.42 Å². The molecule has 0 bridgehead atoms. The quantitative estimate of drug-likeness (QED) is 0.454. The van der Waals surface area contributed by atoms with Gasteiger partial charge in [0.1, 0.15) is 11.5 Å². The van der Waals surface area contributed by atoms with E-state index in [1.54, 1.807) is 43.3 Å². The van der Waals surface area contributed by atoms with Crippen LogP contribution in [-0.2, 0) is 10.0 Å². The molecule has 1 N–H and O–H groups in total. The molecule has 3 aromatic carbocycles. The summed E-state index contributed by atoms with van der Waals surface area (Å²) in [5.74, 6) is 0.588.